The fraction of sp³-hybridized carbons (Fsp3) is 0.429. The number of aromatic nitrogens is 2. The van der Waals surface area contributed by atoms with E-state index >= 15 is 0 Å². The molecule has 1 atom stereocenters. The van der Waals surface area contributed by atoms with Crippen LogP contribution >= 0.6 is 27.3 Å². The number of nitrogens with zero attached hydrogens (tertiary/aromatic N) is 2. The Bertz CT molecular complexity index is 591. The van der Waals surface area contributed by atoms with E-state index < -0.39 is 0 Å². The monoisotopic (exact) mass is 371 g/mol. The Morgan fingerprint density at radius 3 is 2.76 bits per heavy atom. The first-order chi connectivity index (χ1) is 10.2. The first kappa shape index (κ1) is 16.2. The molecule has 21 heavy (non-hydrogen) atoms. The van der Waals surface area contributed by atoms with Crippen molar-refractivity contribution in [1.82, 2.24) is 15.3 Å². The highest BCUT2D eigenvalue weighted by molar-refractivity contribution is 9.11. The number of nitrogens with one attached hydrogen (secondary N) is 1. The van der Waals surface area contributed by atoms with Crippen molar-refractivity contribution in [3.05, 3.63) is 32.7 Å². The molecule has 2 aromatic heterocycles. The zero-order valence-electron chi connectivity index (χ0n) is 12.2. The topological polar surface area (TPSA) is 56.3 Å². The van der Waals surface area contributed by atoms with Gasteiger partial charge in [-0.3, -0.25) is 0 Å². The van der Waals surface area contributed by atoms with Crippen LogP contribution in [0, 0.1) is 0 Å². The molecular weight excluding hydrogens is 354 g/mol. The summed E-state index contributed by atoms with van der Waals surface area (Å²) in [5, 5.41) is 5.59. The van der Waals surface area contributed by atoms with Crippen molar-refractivity contribution in [3.63, 3.8) is 0 Å². The van der Waals surface area contributed by atoms with Crippen LogP contribution in [0.4, 0.5) is 0 Å². The molecular formula is C14H18BrN3O2S. The Hall–Kier alpha value is -1.18. The van der Waals surface area contributed by atoms with E-state index in [4.69, 9.17) is 9.47 Å². The van der Waals surface area contributed by atoms with Crippen LogP contribution in [0.5, 0.6) is 11.8 Å². The summed E-state index contributed by atoms with van der Waals surface area (Å²) in [6.07, 6.45) is 2.65. The molecule has 0 radical (unpaired) electrons. The summed E-state index contributed by atoms with van der Waals surface area (Å²) in [7, 11) is 3.15. The van der Waals surface area contributed by atoms with Crippen molar-refractivity contribution in [2.75, 3.05) is 20.8 Å². The third kappa shape index (κ3) is 3.93. The van der Waals surface area contributed by atoms with Crippen LogP contribution < -0.4 is 14.8 Å². The van der Waals surface area contributed by atoms with Gasteiger partial charge in [0, 0.05) is 0 Å². The van der Waals surface area contributed by atoms with E-state index in [1.807, 2.05) is 0 Å². The SMILES string of the molecule is CCCNC(c1csc(Br)c1)c1ncc(OC)nc1OC. The molecule has 2 aromatic rings. The average molecular weight is 372 g/mol. The van der Waals surface area contributed by atoms with Gasteiger partial charge in [0.15, 0.2) is 0 Å². The summed E-state index contributed by atoms with van der Waals surface area (Å²) in [5.74, 6) is 0.918. The highest BCUT2D eigenvalue weighted by Gasteiger charge is 2.22. The van der Waals surface area contributed by atoms with Crippen molar-refractivity contribution in [1.29, 1.82) is 0 Å². The highest BCUT2D eigenvalue weighted by Crippen LogP contribution is 2.32. The number of hydrogen-bond acceptors (Lipinski definition) is 6. The molecule has 0 aromatic carbocycles. The van der Waals surface area contributed by atoms with Gasteiger partial charge in [-0.05, 0) is 45.9 Å². The molecule has 0 saturated carbocycles. The fourth-order valence-corrected chi connectivity index (χ4v) is 3.15. The van der Waals surface area contributed by atoms with Crippen LogP contribution in [0.1, 0.15) is 30.6 Å². The zero-order valence-corrected chi connectivity index (χ0v) is 14.6. The molecule has 5 nitrogen and oxygen atoms in total. The van der Waals surface area contributed by atoms with E-state index in [0.29, 0.717) is 11.8 Å². The average Bonchev–Trinajstić information content (AvgIpc) is 2.94. The predicted molar refractivity (Wildman–Crippen MR) is 87.3 cm³/mol. The molecule has 114 valence electrons. The van der Waals surface area contributed by atoms with E-state index in [2.05, 4.69) is 49.6 Å². The fourth-order valence-electron chi connectivity index (χ4n) is 1.95. The minimum atomic E-state index is -0.0548. The zero-order chi connectivity index (χ0) is 15.2. The second kappa shape index (κ2) is 7.72. The van der Waals surface area contributed by atoms with Crippen molar-refractivity contribution < 1.29 is 9.47 Å². The third-order valence-electron chi connectivity index (χ3n) is 2.94. The molecule has 0 fully saturated rings. The normalized spacial score (nSPS) is 12.2. The third-order valence-corrected chi connectivity index (χ3v) is 4.46. The van der Waals surface area contributed by atoms with Gasteiger partial charge in [-0.1, -0.05) is 6.92 Å². The van der Waals surface area contributed by atoms with E-state index in [1.165, 1.54) is 0 Å². The van der Waals surface area contributed by atoms with E-state index in [-0.39, 0.29) is 6.04 Å². The molecule has 1 N–H and O–H groups in total. The molecule has 0 bridgehead atoms. The van der Waals surface area contributed by atoms with Crippen LogP contribution in [0.15, 0.2) is 21.4 Å². The number of methoxy groups -OCH3 is 2. The Kier molecular flexibility index (Phi) is 5.96. The first-order valence-corrected chi connectivity index (χ1v) is 8.29. The van der Waals surface area contributed by atoms with E-state index in [9.17, 15) is 0 Å². The minimum Gasteiger partial charge on any atom is -0.480 e. The lowest BCUT2D eigenvalue weighted by Gasteiger charge is -2.19. The first-order valence-electron chi connectivity index (χ1n) is 6.61. The van der Waals surface area contributed by atoms with Crippen LogP contribution in [0.2, 0.25) is 0 Å². The van der Waals surface area contributed by atoms with Gasteiger partial charge in [0.2, 0.25) is 11.8 Å². The Morgan fingerprint density at radius 2 is 2.19 bits per heavy atom. The summed E-state index contributed by atoms with van der Waals surface area (Å²) in [5.41, 5.74) is 1.90. The second-order valence-corrected chi connectivity index (χ2v) is 6.67. The largest absolute Gasteiger partial charge is 0.480 e. The lowest BCUT2D eigenvalue weighted by molar-refractivity contribution is 0.352. The van der Waals surface area contributed by atoms with Gasteiger partial charge in [0.1, 0.15) is 5.69 Å². The number of hydrogen-bond donors (Lipinski definition) is 1. The predicted octanol–water partition coefficient (Wildman–Crippen LogP) is 3.41. The molecule has 2 rings (SSSR count). The molecule has 2 heterocycles. The van der Waals surface area contributed by atoms with E-state index in [1.54, 1.807) is 31.8 Å². The molecule has 0 spiro atoms. The van der Waals surface area contributed by atoms with Crippen LogP contribution in [-0.2, 0) is 0 Å². The maximum atomic E-state index is 5.38. The molecule has 0 aliphatic carbocycles. The van der Waals surface area contributed by atoms with Crippen LogP contribution in [-0.4, -0.2) is 30.7 Å². The standard InChI is InChI=1S/C14H18BrN3O2S/c1-4-5-16-12(9-6-10(15)21-8-9)13-14(20-3)18-11(19-2)7-17-13/h6-8,12,16H,4-5H2,1-3H3. The molecule has 0 saturated heterocycles. The summed E-state index contributed by atoms with van der Waals surface area (Å²) >= 11 is 5.15. The summed E-state index contributed by atoms with van der Waals surface area (Å²) in [4.78, 5) is 8.79. The van der Waals surface area contributed by atoms with Gasteiger partial charge in [0.05, 0.1) is 30.2 Å². The van der Waals surface area contributed by atoms with Crippen molar-refractivity contribution in [3.8, 4) is 11.8 Å². The Labute approximate surface area is 136 Å². The van der Waals surface area contributed by atoms with Crippen molar-refractivity contribution in [2.45, 2.75) is 19.4 Å². The van der Waals surface area contributed by atoms with Gasteiger partial charge >= 0.3 is 0 Å². The molecule has 0 aliphatic rings. The van der Waals surface area contributed by atoms with Gasteiger partial charge < -0.3 is 14.8 Å². The van der Waals surface area contributed by atoms with Gasteiger partial charge in [0.25, 0.3) is 0 Å². The summed E-state index contributed by atoms with van der Waals surface area (Å²) in [6.45, 7) is 3.01. The van der Waals surface area contributed by atoms with Gasteiger partial charge in [-0.2, -0.15) is 4.98 Å². The molecule has 7 heteroatoms. The van der Waals surface area contributed by atoms with E-state index in [0.717, 1.165) is 28.0 Å². The number of ether oxygens (including phenoxy) is 2. The highest BCUT2D eigenvalue weighted by atomic mass is 79.9. The van der Waals surface area contributed by atoms with Crippen molar-refractivity contribution >= 4 is 27.3 Å². The minimum absolute atomic E-state index is 0.0548. The van der Waals surface area contributed by atoms with Gasteiger partial charge in [-0.25, -0.2) is 4.98 Å². The number of thiophene rings is 1. The Balaban J connectivity index is 2.40. The molecule has 0 aliphatic heterocycles. The Morgan fingerprint density at radius 1 is 1.38 bits per heavy atom. The second-order valence-electron chi connectivity index (χ2n) is 4.38. The lowest BCUT2D eigenvalue weighted by atomic mass is 10.1. The quantitative estimate of drug-likeness (QED) is 0.807. The maximum absolute atomic E-state index is 5.38. The van der Waals surface area contributed by atoms with Crippen LogP contribution in [0.3, 0.4) is 0 Å². The molecule has 0 amide bonds. The van der Waals surface area contributed by atoms with Crippen LogP contribution in [0.25, 0.3) is 0 Å². The summed E-state index contributed by atoms with van der Waals surface area (Å²) in [6, 6.07) is 2.03. The number of halogens is 1. The smallest absolute Gasteiger partial charge is 0.240 e. The maximum Gasteiger partial charge on any atom is 0.240 e. The van der Waals surface area contributed by atoms with Crippen molar-refractivity contribution in [2.24, 2.45) is 0 Å². The number of rotatable bonds is 7. The molecule has 1 unspecified atom stereocenters. The lowest BCUT2D eigenvalue weighted by Crippen LogP contribution is -2.24. The van der Waals surface area contributed by atoms with Gasteiger partial charge in [-0.15, -0.1) is 11.3 Å². The summed E-state index contributed by atoms with van der Waals surface area (Å²) < 4.78 is 11.6.